The number of carbonyl (C=O) groups excluding carboxylic acids is 1. The van der Waals surface area contributed by atoms with Gasteiger partial charge in [0.2, 0.25) is 6.29 Å². The summed E-state index contributed by atoms with van der Waals surface area (Å²) in [4.78, 5) is 10.0. The second-order valence-corrected chi connectivity index (χ2v) is 3.11. The highest BCUT2D eigenvalue weighted by Gasteiger charge is 2.17. The second-order valence-electron chi connectivity index (χ2n) is 3.11. The standard InChI is InChI=1S/C8H14NO/c9-8(6-10)5-7-3-1-2-4-7/h7-8H,1-5,9H2/t8-/m1/s1. The Balaban J connectivity index is 2.17. The second kappa shape index (κ2) is 3.71. The Labute approximate surface area is 61.8 Å². The lowest BCUT2D eigenvalue weighted by atomic mass is 10.00. The van der Waals surface area contributed by atoms with E-state index in [1.165, 1.54) is 25.7 Å². The molecule has 2 heteroatoms. The molecule has 0 bridgehead atoms. The van der Waals surface area contributed by atoms with Gasteiger partial charge in [-0.1, -0.05) is 25.7 Å². The summed E-state index contributed by atoms with van der Waals surface area (Å²) in [5, 5.41) is 0. The molecule has 1 saturated carbocycles. The average Bonchev–Trinajstić information content (AvgIpc) is 2.40. The van der Waals surface area contributed by atoms with Gasteiger partial charge in [-0.3, -0.25) is 4.79 Å². The molecule has 0 aromatic rings. The van der Waals surface area contributed by atoms with Crippen LogP contribution in [0.15, 0.2) is 0 Å². The van der Waals surface area contributed by atoms with E-state index in [1.807, 2.05) is 6.29 Å². The van der Waals surface area contributed by atoms with Crippen molar-refractivity contribution in [3.8, 4) is 0 Å². The molecule has 0 aliphatic heterocycles. The SMILES string of the molecule is N[C@@H]([C]=O)CC1CCCC1. The summed E-state index contributed by atoms with van der Waals surface area (Å²) in [6, 6.07) is -0.330. The summed E-state index contributed by atoms with van der Waals surface area (Å²) in [6.07, 6.45) is 7.82. The Kier molecular flexibility index (Phi) is 2.87. The molecule has 0 amide bonds. The van der Waals surface area contributed by atoms with Gasteiger partial charge in [-0.25, -0.2) is 0 Å². The largest absolute Gasteiger partial charge is 0.321 e. The fourth-order valence-electron chi connectivity index (χ4n) is 1.65. The minimum Gasteiger partial charge on any atom is -0.321 e. The van der Waals surface area contributed by atoms with Crippen LogP contribution in [-0.4, -0.2) is 12.3 Å². The molecular formula is C8H14NO. The van der Waals surface area contributed by atoms with Crippen LogP contribution in [0.3, 0.4) is 0 Å². The molecule has 0 aromatic heterocycles. The van der Waals surface area contributed by atoms with Crippen LogP contribution in [0, 0.1) is 5.92 Å². The summed E-state index contributed by atoms with van der Waals surface area (Å²) in [6.45, 7) is 0. The normalized spacial score (nSPS) is 22.9. The third kappa shape index (κ3) is 2.10. The summed E-state index contributed by atoms with van der Waals surface area (Å²) in [5.74, 6) is 0.705. The first-order valence-electron chi connectivity index (χ1n) is 3.96. The monoisotopic (exact) mass is 140 g/mol. The molecule has 1 aliphatic carbocycles. The van der Waals surface area contributed by atoms with Crippen LogP contribution >= 0.6 is 0 Å². The zero-order valence-corrected chi connectivity index (χ0v) is 6.18. The van der Waals surface area contributed by atoms with Crippen LogP contribution in [0.4, 0.5) is 0 Å². The highest BCUT2D eigenvalue weighted by molar-refractivity contribution is 5.57. The van der Waals surface area contributed by atoms with E-state index in [4.69, 9.17) is 5.73 Å². The van der Waals surface area contributed by atoms with Gasteiger partial charge in [0.1, 0.15) is 0 Å². The van der Waals surface area contributed by atoms with E-state index in [1.54, 1.807) is 0 Å². The van der Waals surface area contributed by atoms with Gasteiger partial charge >= 0.3 is 0 Å². The van der Waals surface area contributed by atoms with Gasteiger partial charge in [0.25, 0.3) is 0 Å². The van der Waals surface area contributed by atoms with E-state index in [2.05, 4.69) is 0 Å². The summed E-state index contributed by atoms with van der Waals surface area (Å²) < 4.78 is 0. The molecule has 1 fully saturated rings. The maximum atomic E-state index is 10.0. The van der Waals surface area contributed by atoms with Gasteiger partial charge in [0.15, 0.2) is 0 Å². The molecule has 0 unspecified atom stereocenters. The van der Waals surface area contributed by atoms with Crippen molar-refractivity contribution in [1.82, 2.24) is 0 Å². The lowest BCUT2D eigenvalue weighted by Gasteiger charge is -2.08. The smallest absolute Gasteiger partial charge is 0.216 e. The Morgan fingerprint density at radius 3 is 2.60 bits per heavy atom. The van der Waals surface area contributed by atoms with E-state index >= 15 is 0 Å². The molecule has 0 spiro atoms. The summed E-state index contributed by atoms with van der Waals surface area (Å²) in [7, 11) is 0. The topological polar surface area (TPSA) is 43.1 Å². The van der Waals surface area contributed by atoms with Crippen molar-refractivity contribution >= 4 is 6.29 Å². The molecule has 1 aliphatic rings. The molecular weight excluding hydrogens is 126 g/mol. The number of rotatable bonds is 3. The Bertz CT molecular complexity index is 108. The van der Waals surface area contributed by atoms with Crippen LogP contribution < -0.4 is 5.73 Å². The highest BCUT2D eigenvalue weighted by Crippen LogP contribution is 2.27. The quantitative estimate of drug-likeness (QED) is 0.635. The first kappa shape index (κ1) is 7.73. The maximum absolute atomic E-state index is 10.0. The molecule has 57 valence electrons. The third-order valence-corrected chi connectivity index (χ3v) is 2.21. The Morgan fingerprint density at radius 1 is 1.50 bits per heavy atom. The summed E-state index contributed by atoms with van der Waals surface area (Å²) in [5.41, 5.74) is 5.43. The molecule has 10 heavy (non-hydrogen) atoms. The van der Waals surface area contributed by atoms with Crippen molar-refractivity contribution in [3.63, 3.8) is 0 Å². The molecule has 1 rings (SSSR count). The van der Waals surface area contributed by atoms with E-state index in [9.17, 15) is 4.79 Å². The minimum absolute atomic E-state index is 0.330. The highest BCUT2D eigenvalue weighted by atomic mass is 16.1. The number of hydrogen-bond acceptors (Lipinski definition) is 2. The number of nitrogens with two attached hydrogens (primary N) is 1. The predicted molar refractivity (Wildman–Crippen MR) is 40.2 cm³/mol. The zero-order chi connectivity index (χ0) is 7.40. The van der Waals surface area contributed by atoms with E-state index < -0.39 is 0 Å². The molecule has 0 saturated heterocycles. The molecule has 0 heterocycles. The third-order valence-electron chi connectivity index (χ3n) is 2.21. The molecule has 1 atom stereocenters. The van der Waals surface area contributed by atoms with Gasteiger partial charge in [-0.15, -0.1) is 0 Å². The van der Waals surface area contributed by atoms with Gasteiger partial charge < -0.3 is 5.73 Å². The van der Waals surface area contributed by atoms with Crippen molar-refractivity contribution in [2.45, 2.75) is 38.1 Å². The average molecular weight is 140 g/mol. The first-order chi connectivity index (χ1) is 4.83. The van der Waals surface area contributed by atoms with Crippen LogP contribution in [0.5, 0.6) is 0 Å². The lowest BCUT2D eigenvalue weighted by Crippen LogP contribution is -2.23. The molecule has 2 nitrogen and oxygen atoms in total. The van der Waals surface area contributed by atoms with Crippen LogP contribution in [0.1, 0.15) is 32.1 Å². The van der Waals surface area contributed by atoms with Gasteiger partial charge in [0, 0.05) is 0 Å². The molecule has 1 radical (unpaired) electrons. The van der Waals surface area contributed by atoms with E-state index in [0.29, 0.717) is 5.92 Å². The van der Waals surface area contributed by atoms with Crippen molar-refractivity contribution in [3.05, 3.63) is 0 Å². The van der Waals surface area contributed by atoms with Gasteiger partial charge in [-0.2, -0.15) is 0 Å². The van der Waals surface area contributed by atoms with Crippen LogP contribution in [0.25, 0.3) is 0 Å². The first-order valence-corrected chi connectivity index (χ1v) is 3.96. The fraction of sp³-hybridized carbons (Fsp3) is 0.875. The minimum atomic E-state index is -0.330. The van der Waals surface area contributed by atoms with Crippen molar-refractivity contribution in [2.24, 2.45) is 11.7 Å². The molecule has 2 N–H and O–H groups in total. The van der Waals surface area contributed by atoms with Crippen LogP contribution in [0.2, 0.25) is 0 Å². The van der Waals surface area contributed by atoms with Gasteiger partial charge in [0.05, 0.1) is 6.04 Å². The predicted octanol–water partition coefficient (Wildman–Crippen LogP) is 1.00. The summed E-state index contributed by atoms with van der Waals surface area (Å²) >= 11 is 0. The van der Waals surface area contributed by atoms with Crippen molar-refractivity contribution < 1.29 is 4.79 Å². The van der Waals surface area contributed by atoms with Crippen molar-refractivity contribution in [2.75, 3.05) is 0 Å². The number of hydrogen-bond donors (Lipinski definition) is 1. The zero-order valence-electron chi connectivity index (χ0n) is 6.18. The van der Waals surface area contributed by atoms with E-state index in [0.717, 1.165) is 6.42 Å². The fourth-order valence-corrected chi connectivity index (χ4v) is 1.65. The Morgan fingerprint density at radius 2 is 2.10 bits per heavy atom. The lowest BCUT2D eigenvalue weighted by molar-refractivity contribution is 0.465. The maximum Gasteiger partial charge on any atom is 0.216 e. The Hall–Kier alpha value is -0.370. The molecule has 0 aromatic carbocycles. The van der Waals surface area contributed by atoms with Crippen LogP contribution in [-0.2, 0) is 4.79 Å². The van der Waals surface area contributed by atoms with Gasteiger partial charge in [-0.05, 0) is 12.3 Å². The van der Waals surface area contributed by atoms with Crippen molar-refractivity contribution in [1.29, 1.82) is 0 Å². The van der Waals surface area contributed by atoms with E-state index in [-0.39, 0.29) is 6.04 Å².